The van der Waals surface area contributed by atoms with Crippen molar-refractivity contribution in [2.75, 3.05) is 19.0 Å². The van der Waals surface area contributed by atoms with Gasteiger partial charge in [0, 0.05) is 11.8 Å². The number of anilines is 1. The summed E-state index contributed by atoms with van der Waals surface area (Å²) < 4.78 is 10.6. The van der Waals surface area contributed by atoms with Gasteiger partial charge in [0.25, 0.3) is 0 Å². The Bertz CT molecular complexity index is 421. The minimum Gasteiger partial charge on any atom is -0.493 e. The van der Waals surface area contributed by atoms with Crippen molar-refractivity contribution in [2.45, 2.75) is 32.7 Å². The highest BCUT2D eigenvalue weighted by Gasteiger charge is 2.13. The molecule has 19 heavy (non-hydrogen) atoms. The summed E-state index contributed by atoms with van der Waals surface area (Å²) in [6, 6.07) is 4.78. The normalized spacial score (nSPS) is 11.8. The molecule has 0 aromatic heterocycles. The Morgan fingerprint density at radius 1 is 1.37 bits per heavy atom. The van der Waals surface area contributed by atoms with Crippen LogP contribution in [0.2, 0.25) is 0 Å². The van der Waals surface area contributed by atoms with Crippen molar-refractivity contribution in [1.29, 1.82) is 0 Å². The first kappa shape index (κ1) is 15.3. The van der Waals surface area contributed by atoms with Crippen LogP contribution in [0.1, 0.15) is 26.7 Å². The van der Waals surface area contributed by atoms with Gasteiger partial charge in [-0.3, -0.25) is 4.79 Å². The Hall–Kier alpha value is -1.75. The maximum Gasteiger partial charge on any atom is 0.241 e. The fourth-order valence-electron chi connectivity index (χ4n) is 1.70. The molecule has 1 amide bonds. The third-order valence-electron chi connectivity index (χ3n) is 2.67. The van der Waals surface area contributed by atoms with E-state index in [1.54, 1.807) is 25.3 Å². The van der Waals surface area contributed by atoms with Crippen molar-refractivity contribution < 1.29 is 14.3 Å². The summed E-state index contributed by atoms with van der Waals surface area (Å²) in [7, 11) is 1.56. The molecule has 0 aliphatic rings. The number of hydrogen-bond acceptors (Lipinski definition) is 4. The van der Waals surface area contributed by atoms with E-state index in [0.29, 0.717) is 30.2 Å². The fourth-order valence-corrected chi connectivity index (χ4v) is 1.70. The van der Waals surface area contributed by atoms with Crippen LogP contribution in [0.25, 0.3) is 0 Å². The van der Waals surface area contributed by atoms with E-state index in [1.807, 2.05) is 13.8 Å². The summed E-state index contributed by atoms with van der Waals surface area (Å²) in [6.45, 7) is 4.45. The molecule has 0 fully saturated rings. The van der Waals surface area contributed by atoms with E-state index in [0.717, 1.165) is 6.42 Å². The second-order valence-corrected chi connectivity index (χ2v) is 4.18. The van der Waals surface area contributed by atoms with Crippen LogP contribution in [0, 0.1) is 0 Å². The highest BCUT2D eigenvalue weighted by Crippen LogP contribution is 2.30. The van der Waals surface area contributed by atoms with E-state index < -0.39 is 6.04 Å². The molecule has 1 aromatic carbocycles. The highest BCUT2D eigenvalue weighted by molar-refractivity contribution is 5.94. The molecule has 5 heteroatoms. The number of nitrogens with one attached hydrogen (secondary N) is 1. The predicted octanol–water partition coefficient (Wildman–Crippen LogP) is 2.16. The van der Waals surface area contributed by atoms with Gasteiger partial charge in [-0.25, -0.2) is 0 Å². The van der Waals surface area contributed by atoms with E-state index in [1.165, 1.54) is 0 Å². The van der Waals surface area contributed by atoms with Crippen LogP contribution in [-0.2, 0) is 4.79 Å². The van der Waals surface area contributed by atoms with Crippen molar-refractivity contribution in [3.63, 3.8) is 0 Å². The monoisotopic (exact) mass is 266 g/mol. The van der Waals surface area contributed by atoms with Gasteiger partial charge in [-0.05, 0) is 25.5 Å². The van der Waals surface area contributed by atoms with E-state index in [4.69, 9.17) is 15.2 Å². The van der Waals surface area contributed by atoms with Gasteiger partial charge in [0.2, 0.25) is 5.91 Å². The second-order valence-electron chi connectivity index (χ2n) is 4.18. The molecule has 5 nitrogen and oxygen atoms in total. The van der Waals surface area contributed by atoms with Crippen LogP contribution in [0.15, 0.2) is 18.2 Å². The molecule has 0 bridgehead atoms. The number of carbonyl (C=O) groups excluding carboxylic acids is 1. The molecule has 0 saturated heterocycles. The lowest BCUT2D eigenvalue weighted by atomic mass is 10.1. The van der Waals surface area contributed by atoms with Gasteiger partial charge in [0.05, 0.1) is 19.8 Å². The molecule has 1 aromatic rings. The number of rotatable bonds is 7. The molecule has 0 spiro atoms. The van der Waals surface area contributed by atoms with Crippen molar-refractivity contribution in [3.8, 4) is 11.5 Å². The van der Waals surface area contributed by atoms with Crippen LogP contribution < -0.4 is 20.5 Å². The molecule has 0 heterocycles. The zero-order chi connectivity index (χ0) is 14.3. The molecule has 0 aliphatic carbocycles. The first-order valence-electron chi connectivity index (χ1n) is 6.49. The summed E-state index contributed by atoms with van der Waals surface area (Å²) in [5, 5.41) is 2.77. The Kier molecular flexibility index (Phi) is 6.15. The lowest BCUT2D eigenvalue weighted by Gasteiger charge is -2.14. The van der Waals surface area contributed by atoms with E-state index >= 15 is 0 Å². The molecular weight excluding hydrogens is 244 g/mol. The van der Waals surface area contributed by atoms with Crippen molar-refractivity contribution in [1.82, 2.24) is 0 Å². The number of carbonyl (C=O) groups is 1. The van der Waals surface area contributed by atoms with Gasteiger partial charge >= 0.3 is 0 Å². The van der Waals surface area contributed by atoms with Gasteiger partial charge in [-0.2, -0.15) is 0 Å². The molecule has 1 atom stereocenters. The molecule has 1 rings (SSSR count). The van der Waals surface area contributed by atoms with E-state index in [2.05, 4.69) is 5.32 Å². The first-order chi connectivity index (χ1) is 9.12. The minimum absolute atomic E-state index is 0.187. The molecule has 106 valence electrons. The quantitative estimate of drug-likeness (QED) is 0.793. The minimum atomic E-state index is -0.484. The Morgan fingerprint density at radius 2 is 2.11 bits per heavy atom. The first-order valence-corrected chi connectivity index (χ1v) is 6.49. The molecule has 3 N–H and O–H groups in total. The average Bonchev–Trinajstić information content (AvgIpc) is 2.41. The summed E-state index contributed by atoms with van der Waals surface area (Å²) in [5.41, 5.74) is 6.41. The molecule has 0 radical (unpaired) electrons. The van der Waals surface area contributed by atoms with Gasteiger partial charge in [0.15, 0.2) is 11.5 Å². The number of amides is 1. The van der Waals surface area contributed by atoms with Gasteiger partial charge in [-0.15, -0.1) is 0 Å². The Labute approximate surface area is 114 Å². The predicted molar refractivity (Wildman–Crippen MR) is 75.7 cm³/mol. The standard InChI is InChI=1S/C14H22N2O3/c1-4-6-11(15)14(17)16-10-7-8-12(19-5-2)13(9-10)18-3/h7-9,11H,4-6,15H2,1-3H3,(H,16,17). The Morgan fingerprint density at radius 3 is 2.68 bits per heavy atom. The average molecular weight is 266 g/mol. The topological polar surface area (TPSA) is 73.6 Å². The maximum absolute atomic E-state index is 11.8. The zero-order valence-corrected chi connectivity index (χ0v) is 11.7. The van der Waals surface area contributed by atoms with Gasteiger partial charge in [-0.1, -0.05) is 13.3 Å². The van der Waals surface area contributed by atoms with E-state index in [-0.39, 0.29) is 5.91 Å². The summed E-state index contributed by atoms with van der Waals surface area (Å²) in [4.78, 5) is 11.8. The Balaban J connectivity index is 2.76. The summed E-state index contributed by atoms with van der Waals surface area (Å²) in [6.07, 6.45) is 1.54. The van der Waals surface area contributed by atoms with Gasteiger partial charge < -0.3 is 20.5 Å². The third-order valence-corrected chi connectivity index (χ3v) is 2.67. The number of methoxy groups -OCH3 is 1. The summed E-state index contributed by atoms with van der Waals surface area (Å²) >= 11 is 0. The molecule has 0 saturated carbocycles. The lowest BCUT2D eigenvalue weighted by molar-refractivity contribution is -0.117. The zero-order valence-electron chi connectivity index (χ0n) is 11.7. The van der Waals surface area contributed by atoms with E-state index in [9.17, 15) is 4.79 Å². The number of benzene rings is 1. The van der Waals surface area contributed by atoms with Crippen LogP contribution in [-0.4, -0.2) is 25.7 Å². The number of nitrogens with two attached hydrogens (primary N) is 1. The lowest BCUT2D eigenvalue weighted by Crippen LogP contribution is -2.35. The number of ether oxygens (including phenoxy) is 2. The SMILES string of the molecule is CCCC(N)C(=O)Nc1ccc(OCC)c(OC)c1. The van der Waals surface area contributed by atoms with Crippen LogP contribution in [0.3, 0.4) is 0 Å². The van der Waals surface area contributed by atoms with Crippen LogP contribution in [0.5, 0.6) is 11.5 Å². The van der Waals surface area contributed by atoms with Crippen molar-refractivity contribution in [3.05, 3.63) is 18.2 Å². The third kappa shape index (κ3) is 4.44. The highest BCUT2D eigenvalue weighted by atomic mass is 16.5. The molecule has 1 unspecified atom stereocenters. The smallest absolute Gasteiger partial charge is 0.241 e. The second kappa shape index (κ2) is 7.63. The summed E-state index contributed by atoms with van der Waals surface area (Å²) in [5.74, 6) is 1.05. The van der Waals surface area contributed by atoms with Crippen LogP contribution >= 0.6 is 0 Å². The maximum atomic E-state index is 11.8. The van der Waals surface area contributed by atoms with Crippen molar-refractivity contribution >= 4 is 11.6 Å². The van der Waals surface area contributed by atoms with Crippen LogP contribution in [0.4, 0.5) is 5.69 Å². The van der Waals surface area contributed by atoms with Crippen molar-refractivity contribution in [2.24, 2.45) is 5.73 Å². The molecule has 0 aliphatic heterocycles. The number of hydrogen-bond donors (Lipinski definition) is 2. The largest absolute Gasteiger partial charge is 0.493 e. The van der Waals surface area contributed by atoms with Gasteiger partial charge in [0.1, 0.15) is 0 Å². The molecular formula is C14H22N2O3. The fraction of sp³-hybridized carbons (Fsp3) is 0.500.